The van der Waals surface area contributed by atoms with Gasteiger partial charge in [-0.3, -0.25) is 0 Å². The zero-order valence-corrected chi connectivity index (χ0v) is 16.6. The molecule has 12 nitrogen and oxygen atoms in total. The lowest BCUT2D eigenvalue weighted by Gasteiger charge is -2.22. The summed E-state index contributed by atoms with van der Waals surface area (Å²) in [5.74, 6) is 0. The van der Waals surface area contributed by atoms with Crippen LogP contribution in [-0.2, 0) is 0 Å². The van der Waals surface area contributed by atoms with Gasteiger partial charge in [0.2, 0.25) is 0 Å². The number of likely N-dealkylation sites (N-methyl/N-ethyl adjacent to an activating group) is 2. The Hall–Kier alpha value is 0.1000. The molecule has 0 aliphatic carbocycles. The molecule has 0 atom stereocenters. The van der Waals surface area contributed by atoms with E-state index < -0.39 is 20.5 Å². The fourth-order valence-electron chi connectivity index (χ4n) is 1.94. The van der Waals surface area contributed by atoms with Crippen LogP contribution in [0.15, 0.2) is 0 Å². The minimum absolute atomic E-state index is 1.10. The van der Waals surface area contributed by atoms with E-state index in [-0.39, 0.29) is 0 Å². The number of rotatable bonds is 0. The van der Waals surface area contributed by atoms with E-state index in [1.54, 1.807) is 0 Å². The van der Waals surface area contributed by atoms with Crippen LogP contribution in [0.4, 0.5) is 0 Å². The van der Waals surface area contributed by atoms with E-state index in [9.17, 15) is 0 Å². The third-order valence-electron chi connectivity index (χ3n) is 3.13. The highest BCUT2D eigenvalue weighted by Gasteiger charge is 2.03. The van der Waals surface area contributed by atoms with Crippen molar-refractivity contribution in [3.63, 3.8) is 0 Å². The number of hydrogen-bond donors (Lipinski definition) is 4. The zero-order valence-electron chi connectivity index (χ0n) is 15.1. The number of nitrogens with one attached hydrogen (secondary N) is 2. The van der Waals surface area contributed by atoms with E-state index in [4.69, 9.17) is 37.3 Å². The Morgan fingerprint density at radius 2 is 0.885 bits per heavy atom. The molecule has 4 N–H and O–H groups in total. The Kier molecular flexibility index (Phi) is 17.5. The van der Waals surface area contributed by atoms with Crippen molar-refractivity contribution in [2.45, 2.75) is 12.8 Å². The van der Waals surface area contributed by atoms with Crippen LogP contribution >= 0.6 is 0 Å². The molecule has 1 rings (SSSR count). The van der Waals surface area contributed by atoms with Crippen molar-refractivity contribution in [2.75, 3.05) is 66.5 Å². The molecule has 14 heteroatoms. The predicted octanol–water partition coefficient (Wildman–Crippen LogP) is -8.43. The molecule has 0 unspecified atom stereocenters. The predicted molar refractivity (Wildman–Crippen MR) is 74.4 cm³/mol. The number of hydrogen-bond acceptors (Lipinski definition) is 12. The minimum Gasteiger partial charge on any atom is -0.315 e. The highest BCUT2D eigenvalue weighted by Crippen LogP contribution is 1.91. The summed E-state index contributed by atoms with van der Waals surface area (Å²) in [6.45, 7) is 9.25. The van der Waals surface area contributed by atoms with Gasteiger partial charge in [0, 0.05) is 26.2 Å². The molecular formula is C12H30Cl2N4O8. The van der Waals surface area contributed by atoms with E-state index >= 15 is 0 Å². The lowest BCUT2D eigenvalue weighted by molar-refractivity contribution is -1.92. The molecule has 0 amide bonds. The Balaban J connectivity index is 0. The van der Waals surface area contributed by atoms with Gasteiger partial charge >= 0.3 is 0 Å². The number of nitrogens with zero attached hydrogens (tertiary/aromatic N) is 2. The van der Waals surface area contributed by atoms with Crippen LogP contribution in [0.1, 0.15) is 12.8 Å². The van der Waals surface area contributed by atoms with Crippen molar-refractivity contribution in [3.8, 4) is 0 Å². The summed E-state index contributed by atoms with van der Waals surface area (Å²) in [4.78, 5) is 4.87. The quantitative estimate of drug-likeness (QED) is 0.283. The van der Waals surface area contributed by atoms with Gasteiger partial charge < -0.3 is 20.4 Å². The Bertz CT molecular complexity index is 279. The van der Waals surface area contributed by atoms with Gasteiger partial charge in [-0.25, -0.2) is 0 Å². The zero-order chi connectivity index (χ0) is 20.6. The van der Waals surface area contributed by atoms with Crippen molar-refractivity contribution in [3.05, 3.63) is 0 Å². The third kappa shape index (κ3) is 39.3. The summed E-state index contributed by atoms with van der Waals surface area (Å²) in [5.41, 5.74) is 0. The van der Waals surface area contributed by atoms with Crippen LogP contribution in [0.5, 0.6) is 0 Å². The topological polar surface area (TPSA) is 209 Å². The normalized spacial score (nSPS) is 20.1. The van der Waals surface area contributed by atoms with Crippen molar-refractivity contribution in [2.24, 2.45) is 0 Å². The van der Waals surface area contributed by atoms with Crippen LogP contribution < -0.4 is 38.6 Å². The molecule has 1 aliphatic rings. The molecular weight excluding hydrogens is 399 g/mol. The Labute approximate surface area is 158 Å². The second-order valence-corrected chi connectivity index (χ2v) is 7.19. The standard InChI is InChI=1S/C12H28N4.2ClHO4/c1-15-9-3-5-13-7-8-14-6-4-10-16(2)12-11-15;2*2-1(3,4)5/h13-14H,3-12H2,1-2H3;2*(H,2,3,4,5). The van der Waals surface area contributed by atoms with Gasteiger partial charge in [-0.05, 0) is 53.1 Å². The molecule has 160 valence electrons. The van der Waals surface area contributed by atoms with Crippen LogP contribution in [-0.4, -0.2) is 85.6 Å². The van der Waals surface area contributed by atoms with Crippen LogP contribution in [0.3, 0.4) is 0 Å². The molecule has 1 aliphatic heterocycles. The highest BCUT2D eigenvalue weighted by atomic mass is 35.7. The molecule has 26 heavy (non-hydrogen) atoms. The van der Waals surface area contributed by atoms with Crippen LogP contribution in [0.25, 0.3) is 0 Å². The van der Waals surface area contributed by atoms with Crippen molar-refractivity contribution < 1.29 is 57.8 Å². The first-order valence-electron chi connectivity index (χ1n) is 7.84. The van der Waals surface area contributed by atoms with Crippen LogP contribution in [0, 0.1) is 20.5 Å². The monoisotopic (exact) mass is 428 g/mol. The van der Waals surface area contributed by atoms with E-state index in [1.165, 1.54) is 39.0 Å². The Morgan fingerprint density at radius 3 is 1.15 bits per heavy atom. The Morgan fingerprint density at radius 1 is 0.615 bits per heavy atom. The minimum atomic E-state index is -4.69. The second kappa shape index (κ2) is 16.1. The fourth-order valence-corrected chi connectivity index (χ4v) is 1.94. The van der Waals surface area contributed by atoms with Crippen molar-refractivity contribution in [1.29, 1.82) is 0 Å². The van der Waals surface area contributed by atoms with E-state index in [0.717, 1.165) is 26.2 Å². The molecule has 0 saturated carbocycles. The lowest BCUT2D eigenvalue weighted by Crippen LogP contribution is -2.58. The molecule has 1 heterocycles. The molecule has 0 aromatic heterocycles. The average Bonchev–Trinajstić information content (AvgIpc) is 2.43. The molecule has 1 saturated heterocycles. The van der Waals surface area contributed by atoms with Gasteiger partial charge in [-0.15, -0.1) is 0 Å². The first kappa shape index (κ1) is 28.3. The molecule has 0 bridgehead atoms. The van der Waals surface area contributed by atoms with Gasteiger partial charge in [-0.2, -0.15) is 28.0 Å². The maximum absolute atomic E-state index is 8.60. The summed E-state index contributed by atoms with van der Waals surface area (Å²) < 4.78 is 65.4. The SMILES string of the molecule is CN1CCCNCCNCCCN(C)CC1.[O-][Cl+3]([O-])([O-])O.[O-][Cl+3]([O-])([O-])O. The van der Waals surface area contributed by atoms with Crippen molar-refractivity contribution >= 4 is 0 Å². The van der Waals surface area contributed by atoms with Gasteiger partial charge in [0.25, 0.3) is 0 Å². The third-order valence-corrected chi connectivity index (χ3v) is 3.13. The molecule has 1 fully saturated rings. The van der Waals surface area contributed by atoms with Gasteiger partial charge in [0.1, 0.15) is 0 Å². The summed E-state index contributed by atoms with van der Waals surface area (Å²) in [7, 11) is -4.94. The largest absolute Gasteiger partial charge is 0.315 e. The molecule has 0 spiro atoms. The summed E-state index contributed by atoms with van der Waals surface area (Å²) in [5, 5.41) is 6.94. The summed E-state index contributed by atoms with van der Waals surface area (Å²) in [6, 6.07) is 0. The summed E-state index contributed by atoms with van der Waals surface area (Å²) in [6.07, 6.45) is 2.50. The maximum Gasteiger partial charge on any atom is 0.0777 e. The molecule has 0 aromatic rings. The van der Waals surface area contributed by atoms with E-state index in [0.29, 0.717) is 0 Å². The van der Waals surface area contributed by atoms with Crippen LogP contribution in [0.2, 0.25) is 0 Å². The van der Waals surface area contributed by atoms with Gasteiger partial charge in [0.05, 0.1) is 29.8 Å². The van der Waals surface area contributed by atoms with E-state index in [1.807, 2.05) is 0 Å². The van der Waals surface area contributed by atoms with Gasteiger partial charge in [-0.1, -0.05) is 0 Å². The van der Waals surface area contributed by atoms with Gasteiger partial charge in [0.15, 0.2) is 0 Å². The highest BCUT2D eigenvalue weighted by molar-refractivity contribution is 4.61. The first-order chi connectivity index (χ1) is 11.8. The molecule has 0 radical (unpaired) electrons. The first-order valence-corrected chi connectivity index (χ1v) is 10.4. The smallest absolute Gasteiger partial charge is 0.0777 e. The second-order valence-electron chi connectivity index (χ2n) is 5.61. The molecule has 0 aromatic carbocycles. The number of halogens is 2. The average molecular weight is 429 g/mol. The van der Waals surface area contributed by atoms with E-state index in [2.05, 4.69) is 34.5 Å². The maximum atomic E-state index is 8.60. The lowest BCUT2D eigenvalue weighted by atomic mass is 10.3. The van der Waals surface area contributed by atoms with Crippen molar-refractivity contribution in [1.82, 2.24) is 20.4 Å². The fraction of sp³-hybridized carbons (Fsp3) is 1.00. The summed E-state index contributed by atoms with van der Waals surface area (Å²) >= 11 is 0.